The Morgan fingerprint density at radius 3 is 2.84 bits per heavy atom. The number of hydrogen-bond donors (Lipinski definition) is 2. The van der Waals surface area contributed by atoms with E-state index in [1.54, 1.807) is 6.20 Å². The second kappa shape index (κ2) is 6.19. The maximum atomic E-state index is 12.2. The lowest BCUT2D eigenvalue weighted by Crippen LogP contribution is -2.55. The predicted molar refractivity (Wildman–Crippen MR) is 74.4 cm³/mol. The molecule has 1 aliphatic rings. The molecule has 19 heavy (non-hydrogen) atoms. The Morgan fingerprint density at radius 2 is 2.21 bits per heavy atom. The SMILES string of the molecule is CC(CNC(=O)C1(N)CCCCC1)Cn1cccn1. The summed E-state index contributed by atoms with van der Waals surface area (Å²) in [4.78, 5) is 12.2. The van der Waals surface area contributed by atoms with Gasteiger partial charge in [0.15, 0.2) is 0 Å². The number of nitrogens with zero attached hydrogens (tertiary/aromatic N) is 2. The minimum absolute atomic E-state index is 0.0134. The van der Waals surface area contributed by atoms with Gasteiger partial charge in [-0.3, -0.25) is 9.48 Å². The molecule has 0 aliphatic heterocycles. The molecule has 0 aromatic carbocycles. The Bertz CT molecular complexity index is 396. The van der Waals surface area contributed by atoms with Crippen molar-refractivity contribution in [2.45, 2.75) is 51.1 Å². The molecule has 1 aromatic rings. The highest BCUT2D eigenvalue weighted by Crippen LogP contribution is 2.25. The van der Waals surface area contributed by atoms with Crippen LogP contribution in [0.5, 0.6) is 0 Å². The smallest absolute Gasteiger partial charge is 0.240 e. The molecule has 3 N–H and O–H groups in total. The first kappa shape index (κ1) is 14.1. The summed E-state index contributed by atoms with van der Waals surface area (Å²) in [5, 5.41) is 7.17. The fourth-order valence-electron chi connectivity index (χ4n) is 2.65. The van der Waals surface area contributed by atoms with E-state index in [-0.39, 0.29) is 5.91 Å². The molecule has 0 spiro atoms. The fraction of sp³-hybridized carbons (Fsp3) is 0.714. The van der Waals surface area contributed by atoms with Gasteiger partial charge in [0.05, 0.1) is 5.54 Å². The van der Waals surface area contributed by atoms with Gasteiger partial charge in [0, 0.05) is 25.5 Å². The third kappa shape index (κ3) is 3.80. The van der Waals surface area contributed by atoms with Crippen LogP contribution in [0.15, 0.2) is 18.5 Å². The van der Waals surface area contributed by atoms with Crippen LogP contribution >= 0.6 is 0 Å². The van der Waals surface area contributed by atoms with E-state index >= 15 is 0 Å². The molecule has 1 aromatic heterocycles. The molecule has 1 fully saturated rings. The minimum Gasteiger partial charge on any atom is -0.354 e. The van der Waals surface area contributed by atoms with E-state index < -0.39 is 5.54 Å². The second-order valence-corrected chi connectivity index (χ2v) is 5.76. The molecule has 5 nitrogen and oxygen atoms in total. The Hall–Kier alpha value is -1.36. The third-order valence-corrected chi connectivity index (χ3v) is 3.87. The summed E-state index contributed by atoms with van der Waals surface area (Å²) in [7, 11) is 0. The number of nitrogens with two attached hydrogens (primary N) is 1. The van der Waals surface area contributed by atoms with E-state index in [4.69, 9.17) is 5.73 Å². The van der Waals surface area contributed by atoms with Crippen molar-refractivity contribution in [1.82, 2.24) is 15.1 Å². The molecule has 1 aliphatic carbocycles. The van der Waals surface area contributed by atoms with E-state index in [1.807, 2.05) is 16.9 Å². The van der Waals surface area contributed by atoms with Gasteiger partial charge in [-0.15, -0.1) is 0 Å². The summed E-state index contributed by atoms with van der Waals surface area (Å²) in [5.41, 5.74) is 5.56. The van der Waals surface area contributed by atoms with Crippen molar-refractivity contribution in [3.8, 4) is 0 Å². The highest BCUT2D eigenvalue weighted by molar-refractivity contribution is 5.86. The lowest BCUT2D eigenvalue weighted by Gasteiger charge is -2.32. The fourth-order valence-corrected chi connectivity index (χ4v) is 2.65. The number of rotatable bonds is 5. The number of nitrogens with one attached hydrogen (secondary N) is 1. The average molecular weight is 264 g/mol. The average Bonchev–Trinajstić information content (AvgIpc) is 2.89. The molecule has 1 heterocycles. The van der Waals surface area contributed by atoms with Gasteiger partial charge in [-0.25, -0.2) is 0 Å². The minimum atomic E-state index is -0.635. The van der Waals surface area contributed by atoms with Crippen molar-refractivity contribution in [1.29, 1.82) is 0 Å². The Labute approximate surface area is 114 Å². The molecule has 2 rings (SSSR count). The van der Waals surface area contributed by atoms with Crippen LogP contribution in [-0.2, 0) is 11.3 Å². The van der Waals surface area contributed by atoms with Gasteiger partial charge >= 0.3 is 0 Å². The molecule has 1 saturated carbocycles. The maximum Gasteiger partial charge on any atom is 0.240 e. The van der Waals surface area contributed by atoms with Crippen molar-refractivity contribution in [2.24, 2.45) is 11.7 Å². The van der Waals surface area contributed by atoms with Crippen molar-refractivity contribution in [3.05, 3.63) is 18.5 Å². The molecule has 5 heteroatoms. The van der Waals surface area contributed by atoms with Gasteiger partial charge in [0.1, 0.15) is 0 Å². The molecular formula is C14H24N4O. The first-order valence-corrected chi connectivity index (χ1v) is 7.15. The summed E-state index contributed by atoms with van der Waals surface area (Å²) in [6, 6.07) is 1.90. The van der Waals surface area contributed by atoms with Gasteiger partial charge in [0.2, 0.25) is 5.91 Å². The van der Waals surface area contributed by atoms with Gasteiger partial charge < -0.3 is 11.1 Å². The van der Waals surface area contributed by atoms with Crippen LogP contribution in [0.2, 0.25) is 0 Å². The maximum absolute atomic E-state index is 12.2. The zero-order valence-corrected chi connectivity index (χ0v) is 11.6. The molecule has 1 unspecified atom stereocenters. The molecule has 0 radical (unpaired) electrons. The van der Waals surface area contributed by atoms with Crippen LogP contribution in [0.4, 0.5) is 0 Å². The standard InChI is InChI=1S/C14H24N4O/c1-12(11-18-9-5-8-17-18)10-16-13(19)14(15)6-3-2-4-7-14/h5,8-9,12H,2-4,6-7,10-11,15H2,1H3,(H,16,19). The lowest BCUT2D eigenvalue weighted by molar-refractivity contribution is -0.127. The zero-order valence-electron chi connectivity index (χ0n) is 11.6. The van der Waals surface area contributed by atoms with Crippen molar-refractivity contribution in [2.75, 3.05) is 6.54 Å². The molecule has 106 valence electrons. The number of hydrogen-bond acceptors (Lipinski definition) is 3. The number of aromatic nitrogens is 2. The number of amides is 1. The summed E-state index contributed by atoms with van der Waals surface area (Å²) < 4.78 is 1.88. The van der Waals surface area contributed by atoms with E-state index in [9.17, 15) is 4.79 Å². The largest absolute Gasteiger partial charge is 0.354 e. The number of carbonyl (C=O) groups excluding carboxylic acids is 1. The van der Waals surface area contributed by atoms with Gasteiger partial charge in [-0.1, -0.05) is 26.2 Å². The van der Waals surface area contributed by atoms with E-state index in [2.05, 4.69) is 17.3 Å². The van der Waals surface area contributed by atoms with Crippen LogP contribution in [0.25, 0.3) is 0 Å². The predicted octanol–water partition coefficient (Wildman–Crippen LogP) is 1.30. The molecule has 0 saturated heterocycles. The second-order valence-electron chi connectivity index (χ2n) is 5.76. The van der Waals surface area contributed by atoms with Crippen LogP contribution in [0, 0.1) is 5.92 Å². The molecule has 1 atom stereocenters. The van der Waals surface area contributed by atoms with Crippen LogP contribution in [-0.4, -0.2) is 27.8 Å². The van der Waals surface area contributed by atoms with Crippen molar-refractivity contribution < 1.29 is 4.79 Å². The highest BCUT2D eigenvalue weighted by atomic mass is 16.2. The first-order valence-electron chi connectivity index (χ1n) is 7.15. The van der Waals surface area contributed by atoms with Gasteiger partial charge in [-0.05, 0) is 24.8 Å². The molecule has 1 amide bonds. The summed E-state index contributed by atoms with van der Waals surface area (Å²) in [6.07, 6.45) is 8.65. The van der Waals surface area contributed by atoms with Gasteiger partial charge in [-0.2, -0.15) is 5.10 Å². The lowest BCUT2D eigenvalue weighted by atomic mass is 9.82. The third-order valence-electron chi connectivity index (χ3n) is 3.87. The summed E-state index contributed by atoms with van der Waals surface area (Å²) in [6.45, 7) is 3.56. The van der Waals surface area contributed by atoms with Crippen LogP contribution < -0.4 is 11.1 Å². The summed E-state index contributed by atoms with van der Waals surface area (Å²) in [5.74, 6) is 0.357. The van der Waals surface area contributed by atoms with E-state index in [1.165, 1.54) is 6.42 Å². The molecular weight excluding hydrogens is 240 g/mol. The zero-order chi connectivity index (χ0) is 13.7. The molecule has 0 bridgehead atoms. The van der Waals surface area contributed by atoms with E-state index in [0.717, 1.165) is 32.2 Å². The van der Waals surface area contributed by atoms with Crippen LogP contribution in [0.3, 0.4) is 0 Å². The Kier molecular flexibility index (Phi) is 4.58. The van der Waals surface area contributed by atoms with E-state index in [0.29, 0.717) is 12.5 Å². The monoisotopic (exact) mass is 264 g/mol. The quantitative estimate of drug-likeness (QED) is 0.842. The first-order chi connectivity index (χ1) is 9.10. The summed E-state index contributed by atoms with van der Waals surface area (Å²) >= 11 is 0. The highest BCUT2D eigenvalue weighted by Gasteiger charge is 2.35. The van der Waals surface area contributed by atoms with Gasteiger partial charge in [0.25, 0.3) is 0 Å². The topological polar surface area (TPSA) is 72.9 Å². The Balaban J connectivity index is 1.76. The number of carbonyl (C=O) groups is 1. The van der Waals surface area contributed by atoms with Crippen LogP contribution in [0.1, 0.15) is 39.0 Å². The normalized spacial score (nSPS) is 19.9. The Morgan fingerprint density at radius 1 is 1.47 bits per heavy atom. The van der Waals surface area contributed by atoms with Crippen molar-refractivity contribution >= 4 is 5.91 Å². The van der Waals surface area contributed by atoms with Crippen molar-refractivity contribution in [3.63, 3.8) is 0 Å².